The summed E-state index contributed by atoms with van der Waals surface area (Å²) in [4.78, 5) is 13.2. The van der Waals surface area contributed by atoms with Gasteiger partial charge >= 0.3 is 0 Å². The van der Waals surface area contributed by atoms with E-state index in [4.69, 9.17) is 9.47 Å². The minimum Gasteiger partial charge on any atom is -0.497 e. The van der Waals surface area contributed by atoms with E-state index in [1.54, 1.807) is 7.11 Å². The van der Waals surface area contributed by atoms with Crippen molar-refractivity contribution in [3.63, 3.8) is 0 Å². The second-order valence-corrected chi connectivity index (χ2v) is 6.59. The summed E-state index contributed by atoms with van der Waals surface area (Å²) in [5, 5.41) is 5.07. The van der Waals surface area contributed by atoms with Gasteiger partial charge in [0.25, 0.3) is 5.91 Å². The molecule has 1 atom stereocenters. The molecule has 0 aromatic heterocycles. The van der Waals surface area contributed by atoms with Crippen LogP contribution in [-0.4, -0.2) is 19.6 Å². The lowest BCUT2D eigenvalue weighted by Gasteiger charge is -2.17. The summed E-state index contributed by atoms with van der Waals surface area (Å²) < 4.78 is 10.9. The Labute approximate surface area is 171 Å². The summed E-state index contributed by atoms with van der Waals surface area (Å²) in [6.07, 6.45) is 0. The van der Waals surface area contributed by atoms with Gasteiger partial charge in [-0.25, -0.2) is 0 Å². The molecule has 1 amide bonds. The Morgan fingerprint density at radius 1 is 0.966 bits per heavy atom. The largest absolute Gasteiger partial charge is 0.497 e. The molecule has 150 valence electrons. The van der Waals surface area contributed by atoms with E-state index in [1.165, 1.54) is 0 Å². The predicted molar refractivity (Wildman–Crippen MR) is 114 cm³/mol. The number of amides is 1. The number of carbonyl (C=O) groups excluding carboxylic acids is 1. The van der Waals surface area contributed by atoms with Gasteiger partial charge in [0.15, 0.2) is 6.04 Å². The first kappa shape index (κ1) is 20.4. The van der Waals surface area contributed by atoms with Crippen molar-refractivity contribution in [2.45, 2.75) is 19.5 Å². The lowest BCUT2D eigenvalue weighted by molar-refractivity contribution is -0.697. The van der Waals surface area contributed by atoms with Gasteiger partial charge < -0.3 is 20.1 Å². The van der Waals surface area contributed by atoms with Crippen LogP contribution in [0.4, 0.5) is 5.69 Å². The quantitative estimate of drug-likeness (QED) is 0.586. The molecule has 0 fully saturated rings. The zero-order chi connectivity index (χ0) is 20.5. The van der Waals surface area contributed by atoms with Crippen molar-refractivity contribution in [2.24, 2.45) is 0 Å². The molecule has 5 nitrogen and oxygen atoms in total. The highest BCUT2D eigenvalue weighted by atomic mass is 16.5. The SMILES string of the molecule is CCOc1ccccc1NC(=O)[C@@H]([NH2+]Cc1ccc(OC)cc1)c1ccccc1. The van der Waals surface area contributed by atoms with Crippen LogP contribution in [0.5, 0.6) is 11.5 Å². The highest BCUT2D eigenvalue weighted by Crippen LogP contribution is 2.24. The van der Waals surface area contributed by atoms with Crippen molar-refractivity contribution in [3.05, 3.63) is 90.0 Å². The van der Waals surface area contributed by atoms with Gasteiger partial charge in [0, 0.05) is 11.1 Å². The fourth-order valence-electron chi connectivity index (χ4n) is 3.13. The first-order chi connectivity index (χ1) is 14.2. The number of para-hydroxylation sites is 2. The fraction of sp³-hybridized carbons (Fsp3) is 0.208. The van der Waals surface area contributed by atoms with Gasteiger partial charge in [-0.1, -0.05) is 42.5 Å². The first-order valence-electron chi connectivity index (χ1n) is 9.75. The number of hydrogen-bond donors (Lipinski definition) is 2. The number of carbonyl (C=O) groups is 1. The van der Waals surface area contributed by atoms with Crippen molar-refractivity contribution < 1.29 is 19.6 Å². The second-order valence-electron chi connectivity index (χ2n) is 6.59. The van der Waals surface area contributed by atoms with Crippen LogP contribution in [0.2, 0.25) is 0 Å². The van der Waals surface area contributed by atoms with Crippen LogP contribution in [-0.2, 0) is 11.3 Å². The average molecular weight is 391 g/mol. The van der Waals surface area contributed by atoms with E-state index in [0.717, 1.165) is 16.9 Å². The van der Waals surface area contributed by atoms with Gasteiger partial charge in [0.1, 0.15) is 18.0 Å². The number of hydrogen-bond acceptors (Lipinski definition) is 3. The van der Waals surface area contributed by atoms with E-state index >= 15 is 0 Å². The number of nitrogens with two attached hydrogens (primary N) is 1. The highest BCUT2D eigenvalue weighted by Gasteiger charge is 2.25. The molecule has 3 rings (SSSR count). The number of methoxy groups -OCH3 is 1. The zero-order valence-electron chi connectivity index (χ0n) is 16.8. The first-order valence-corrected chi connectivity index (χ1v) is 9.75. The lowest BCUT2D eigenvalue weighted by Crippen LogP contribution is -2.85. The Balaban J connectivity index is 1.77. The van der Waals surface area contributed by atoms with Crippen molar-refractivity contribution in [2.75, 3.05) is 19.0 Å². The number of benzene rings is 3. The normalized spacial score (nSPS) is 11.5. The molecule has 0 aliphatic heterocycles. The molecule has 0 heterocycles. The summed E-state index contributed by atoms with van der Waals surface area (Å²) in [5.41, 5.74) is 2.75. The van der Waals surface area contributed by atoms with Gasteiger partial charge in [-0.05, 0) is 43.3 Å². The van der Waals surface area contributed by atoms with Crippen LogP contribution >= 0.6 is 0 Å². The van der Waals surface area contributed by atoms with Crippen LogP contribution in [0, 0.1) is 0 Å². The van der Waals surface area contributed by atoms with Gasteiger partial charge in [-0.2, -0.15) is 0 Å². The fourth-order valence-corrected chi connectivity index (χ4v) is 3.13. The summed E-state index contributed by atoms with van der Waals surface area (Å²) in [5.74, 6) is 1.40. The van der Waals surface area contributed by atoms with Gasteiger partial charge in [0.2, 0.25) is 0 Å². The maximum absolute atomic E-state index is 13.2. The molecule has 0 saturated heterocycles. The molecule has 0 aliphatic carbocycles. The van der Waals surface area contributed by atoms with Gasteiger partial charge in [-0.3, -0.25) is 4.79 Å². The molecule has 0 bridgehead atoms. The van der Waals surface area contributed by atoms with Crippen LogP contribution < -0.4 is 20.1 Å². The van der Waals surface area contributed by atoms with E-state index in [0.29, 0.717) is 24.6 Å². The minimum absolute atomic E-state index is 0.0862. The third-order valence-electron chi connectivity index (χ3n) is 4.63. The van der Waals surface area contributed by atoms with Crippen molar-refractivity contribution in [1.82, 2.24) is 0 Å². The molecule has 3 N–H and O–H groups in total. The second kappa shape index (κ2) is 10.3. The average Bonchev–Trinajstić information content (AvgIpc) is 2.76. The van der Waals surface area contributed by atoms with Crippen LogP contribution in [0.3, 0.4) is 0 Å². The Kier molecular flexibility index (Phi) is 7.25. The van der Waals surface area contributed by atoms with E-state index in [2.05, 4.69) is 5.32 Å². The predicted octanol–water partition coefficient (Wildman–Crippen LogP) is 3.54. The third kappa shape index (κ3) is 5.59. The van der Waals surface area contributed by atoms with Crippen LogP contribution in [0.15, 0.2) is 78.9 Å². The van der Waals surface area contributed by atoms with Crippen LogP contribution in [0.25, 0.3) is 0 Å². The Morgan fingerprint density at radius 2 is 1.66 bits per heavy atom. The molecule has 29 heavy (non-hydrogen) atoms. The molecule has 3 aromatic rings. The number of anilines is 1. The molecule has 0 spiro atoms. The van der Waals surface area contributed by atoms with Crippen molar-refractivity contribution in [3.8, 4) is 11.5 Å². The maximum atomic E-state index is 13.2. The molecule has 3 aromatic carbocycles. The van der Waals surface area contributed by atoms with E-state index < -0.39 is 0 Å². The Hall–Kier alpha value is -3.31. The minimum atomic E-state index is -0.381. The molecule has 5 heteroatoms. The van der Waals surface area contributed by atoms with Crippen molar-refractivity contribution >= 4 is 11.6 Å². The molecule has 0 unspecified atom stereocenters. The molecular formula is C24H27N2O3+. The zero-order valence-corrected chi connectivity index (χ0v) is 16.8. The van der Waals surface area contributed by atoms with Crippen molar-refractivity contribution in [1.29, 1.82) is 0 Å². The van der Waals surface area contributed by atoms with Gasteiger partial charge in [-0.15, -0.1) is 0 Å². The summed E-state index contributed by atoms with van der Waals surface area (Å²) in [6.45, 7) is 3.14. The van der Waals surface area contributed by atoms with Crippen LogP contribution in [0.1, 0.15) is 24.1 Å². The smallest absolute Gasteiger partial charge is 0.287 e. The monoisotopic (exact) mass is 391 g/mol. The summed E-state index contributed by atoms with van der Waals surface area (Å²) in [6, 6.07) is 24.8. The molecule has 0 aliphatic rings. The number of rotatable bonds is 9. The standard InChI is InChI=1S/C24H26N2O3/c1-3-29-22-12-8-7-11-21(22)26-24(27)23(19-9-5-4-6-10-19)25-17-18-13-15-20(28-2)16-14-18/h4-16,23,25H,3,17H2,1-2H3,(H,26,27)/p+1/t23-/m0/s1. The molecular weight excluding hydrogens is 364 g/mol. The maximum Gasteiger partial charge on any atom is 0.287 e. The lowest BCUT2D eigenvalue weighted by atomic mass is 10.1. The Bertz CT molecular complexity index is 911. The Morgan fingerprint density at radius 3 is 2.34 bits per heavy atom. The van der Waals surface area contributed by atoms with E-state index in [-0.39, 0.29) is 11.9 Å². The number of quaternary nitrogens is 1. The summed E-state index contributed by atoms with van der Waals surface area (Å²) >= 11 is 0. The molecule has 0 radical (unpaired) electrons. The van der Waals surface area contributed by atoms with Gasteiger partial charge in [0.05, 0.1) is 19.4 Å². The summed E-state index contributed by atoms with van der Waals surface area (Å²) in [7, 11) is 1.65. The third-order valence-corrected chi connectivity index (χ3v) is 4.63. The van der Waals surface area contributed by atoms with E-state index in [1.807, 2.05) is 91.1 Å². The highest BCUT2D eigenvalue weighted by molar-refractivity contribution is 5.95. The number of nitrogens with one attached hydrogen (secondary N) is 1. The topological polar surface area (TPSA) is 64.2 Å². The molecule has 0 saturated carbocycles. The number of ether oxygens (including phenoxy) is 2. The van der Waals surface area contributed by atoms with E-state index in [9.17, 15) is 4.79 Å².